The van der Waals surface area contributed by atoms with Crippen LogP contribution in [0.25, 0.3) is 21.9 Å². The van der Waals surface area contributed by atoms with Gasteiger partial charge in [-0.1, -0.05) is 32.9 Å². The number of nitrogens with zero attached hydrogens (tertiary/aromatic N) is 4. The minimum Gasteiger partial charge on any atom is -0.459 e. The van der Waals surface area contributed by atoms with Crippen LogP contribution in [-0.2, 0) is 16.0 Å². The molecule has 6 rings (SSSR count). The molecule has 2 N–H and O–H groups in total. The minimum absolute atomic E-state index is 0.193. The molecule has 10 nitrogen and oxygen atoms in total. The second kappa shape index (κ2) is 13.2. The standard InChI is InChI=1S/C35H42N6O4S/c1-21-10-11-23(3)30(18-21)45-46(43)39-27-19-26(12-13-29(27)40-14-8-7-9-15-40)33-37-38-34-31(28(36-6)20-41(33)34)35(42)44-32-24(4)16-22(2)17-25(32)5/h10-13,18-20,22,24-25,32,38-39H,7-9,14-17H2,1-5H3. The van der Waals surface area contributed by atoms with Gasteiger partial charge in [-0.15, -0.1) is 0 Å². The molecule has 3 unspecified atom stereocenters. The van der Waals surface area contributed by atoms with E-state index in [1.165, 1.54) is 6.42 Å². The molecule has 3 atom stereocenters. The van der Waals surface area contributed by atoms with Crippen molar-refractivity contribution in [2.24, 2.45) is 17.8 Å². The van der Waals surface area contributed by atoms with Crippen molar-refractivity contribution in [3.05, 3.63) is 70.7 Å². The average Bonchev–Trinajstić information content (AvgIpc) is 3.60. The number of aromatic nitrogens is 3. The molecule has 0 spiro atoms. The maximum atomic E-state index is 13.6. The highest BCUT2D eigenvalue weighted by Gasteiger charge is 2.36. The summed E-state index contributed by atoms with van der Waals surface area (Å²) >= 11 is -1.87. The number of anilines is 2. The van der Waals surface area contributed by atoms with Gasteiger partial charge in [0.1, 0.15) is 23.1 Å². The van der Waals surface area contributed by atoms with Crippen molar-refractivity contribution in [3.8, 4) is 17.1 Å². The Morgan fingerprint density at radius 3 is 2.52 bits per heavy atom. The summed E-state index contributed by atoms with van der Waals surface area (Å²) in [6.45, 7) is 20.0. The Balaban J connectivity index is 1.33. The number of esters is 1. The molecule has 1 aliphatic carbocycles. The summed E-state index contributed by atoms with van der Waals surface area (Å²) in [5, 5.41) is 7.55. The van der Waals surface area contributed by atoms with E-state index in [0.29, 0.717) is 34.4 Å². The number of piperidine rings is 1. The molecule has 11 heteroatoms. The Morgan fingerprint density at radius 2 is 1.80 bits per heavy atom. The summed E-state index contributed by atoms with van der Waals surface area (Å²) in [7, 11) is 0. The van der Waals surface area contributed by atoms with E-state index in [0.717, 1.165) is 55.6 Å². The number of carbonyl (C=O) groups excluding carboxylic acids is 1. The van der Waals surface area contributed by atoms with Crippen molar-refractivity contribution >= 4 is 39.9 Å². The van der Waals surface area contributed by atoms with Crippen LogP contribution in [0.15, 0.2) is 42.6 Å². The largest absolute Gasteiger partial charge is 0.459 e. The van der Waals surface area contributed by atoms with Crippen molar-refractivity contribution in [2.45, 2.75) is 72.8 Å². The van der Waals surface area contributed by atoms with Crippen LogP contribution >= 0.6 is 0 Å². The van der Waals surface area contributed by atoms with Crippen molar-refractivity contribution in [1.29, 1.82) is 0 Å². The topological polar surface area (TPSA) is 105 Å². The molecule has 2 fully saturated rings. The Labute approximate surface area is 273 Å². The molecule has 2 aliphatic rings. The lowest BCUT2D eigenvalue weighted by Gasteiger charge is -2.37. The van der Waals surface area contributed by atoms with Crippen LogP contribution in [0.3, 0.4) is 0 Å². The minimum atomic E-state index is -1.87. The summed E-state index contributed by atoms with van der Waals surface area (Å²) in [5.41, 5.74) is 5.00. The molecule has 1 aliphatic heterocycles. The number of nitrogens with one attached hydrogen (secondary N) is 2. The number of carbonyl (C=O) groups is 1. The maximum Gasteiger partial charge on any atom is 0.331 e. The molecular weight excluding hydrogens is 600 g/mol. The van der Waals surface area contributed by atoms with Gasteiger partial charge in [0.05, 0.1) is 17.9 Å². The maximum absolute atomic E-state index is 13.6. The molecule has 0 radical (unpaired) electrons. The first-order valence-electron chi connectivity index (χ1n) is 16.1. The lowest BCUT2D eigenvalue weighted by molar-refractivity contribution is -0.0249. The van der Waals surface area contributed by atoms with E-state index in [-0.39, 0.29) is 29.2 Å². The number of benzene rings is 2. The first-order valence-corrected chi connectivity index (χ1v) is 17.2. The predicted molar refractivity (Wildman–Crippen MR) is 182 cm³/mol. The molecule has 0 amide bonds. The van der Waals surface area contributed by atoms with Gasteiger partial charge in [-0.2, -0.15) is 9.31 Å². The molecule has 1 saturated carbocycles. The molecule has 2 aromatic carbocycles. The van der Waals surface area contributed by atoms with Gasteiger partial charge < -0.3 is 13.8 Å². The summed E-state index contributed by atoms with van der Waals surface area (Å²) in [6.07, 6.45) is 6.78. The third-order valence-corrected chi connectivity index (χ3v) is 10.1. The van der Waals surface area contributed by atoms with Crippen LogP contribution in [0.4, 0.5) is 17.1 Å². The zero-order chi connectivity index (χ0) is 32.5. The zero-order valence-electron chi connectivity index (χ0n) is 27.1. The highest BCUT2D eigenvalue weighted by Crippen LogP contribution is 2.38. The van der Waals surface area contributed by atoms with E-state index in [1.54, 1.807) is 10.6 Å². The van der Waals surface area contributed by atoms with Gasteiger partial charge in [0.2, 0.25) is 5.69 Å². The molecule has 46 heavy (non-hydrogen) atoms. The monoisotopic (exact) mass is 642 g/mol. The summed E-state index contributed by atoms with van der Waals surface area (Å²) in [6, 6.07) is 11.7. The molecule has 3 heterocycles. The second-order valence-corrected chi connectivity index (χ2v) is 14.0. The highest BCUT2D eigenvalue weighted by atomic mass is 32.2. The van der Waals surface area contributed by atoms with Crippen molar-refractivity contribution in [1.82, 2.24) is 14.6 Å². The third-order valence-electron chi connectivity index (χ3n) is 9.37. The van der Waals surface area contributed by atoms with Gasteiger partial charge in [-0.3, -0.25) is 14.2 Å². The zero-order valence-corrected chi connectivity index (χ0v) is 27.9. The molecule has 2 aromatic heterocycles. The molecular formula is C35H42N6O4S. The number of fused-ring (bicyclic) bond motifs is 1. The normalized spacial score (nSPS) is 22.3. The van der Waals surface area contributed by atoms with E-state index in [2.05, 4.69) is 45.4 Å². The number of hydrogen-bond acceptors (Lipinski definition) is 6. The summed E-state index contributed by atoms with van der Waals surface area (Å²) in [4.78, 5) is 19.5. The number of hydrogen-bond donors (Lipinski definition) is 2. The first-order chi connectivity index (χ1) is 22.1. The molecule has 0 bridgehead atoms. The average molecular weight is 643 g/mol. The summed E-state index contributed by atoms with van der Waals surface area (Å²) < 4.78 is 30.1. The summed E-state index contributed by atoms with van der Waals surface area (Å²) in [5.74, 6) is 1.63. The van der Waals surface area contributed by atoms with Crippen molar-refractivity contribution in [2.75, 3.05) is 22.7 Å². The third kappa shape index (κ3) is 6.36. The number of ether oxygens (including phenoxy) is 1. The SMILES string of the molecule is [C-]#[N+]c1cn2c(-c3ccc(N4CCCCC4)c(NS(=O)Oc4cc(C)ccc4C)c3)n[nH]c2c1C(=O)OC1C(C)CC(C)CC1C. The van der Waals surface area contributed by atoms with E-state index in [1.807, 2.05) is 50.2 Å². The van der Waals surface area contributed by atoms with Gasteiger partial charge in [-0.05, 0) is 99.1 Å². The number of aromatic amines is 1. The quantitative estimate of drug-likeness (QED) is 0.150. The van der Waals surface area contributed by atoms with E-state index in [4.69, 9.17) is 15.5 Å². The van der Waals surface area contributed by atoms with Gasteiger partial charge in [-0.25, -0.2) is 9.64 Å². The van der Waals surface area contributed by atoms with Crippen LogP contribution < -0.4 is 13.8 Å². The van der Waals surface area contributed by atoms with Crippen molar-refractivity contribution in [3.63, 3.8) is 0 Å². The van der Waals surface area contributed by atoms with E-state index in [9.17, 15) is 9.00 Å². The number of rotatable bonds is 8. The fourth-order valence-electron chi connectivity index (χ4n) is 7.19. The van der Waals surface area contributed by atoms with Gasteiger partial charge in [0.15, 0.2) is 5.82 Å². The van der Waals surface area contributed by atoms with Crippen LogP contribution in [0.2, 0.25) is 0 Å². The molecule has 4 aromatic rings. The van der Waals surface area contributed by atoms with Crippen LogP contribution in [0.1, 0.15) is 74.4 Å². The number of aryl methyl sites for hydroxylation is 2. The van der Waals surface area contributed by atoms with Crippen LogP contribution in [0.5, 0.6) is 5.75 Å². The van der Waals surface area contributed by atoms with Gasteiger partial charge in [0.25, 0.3) is 0 Å². The Hall–Kier alpha value is -4.30. The van der Waals surface area contributed by atoms with E-state index < -0.39 is 17.2 Å². The molecule has 1 saturated heterocycles. The smallest absolute Gasteiger partial charge is 0.331 e. The van der Waals surface area contributed by atoms with Gasteiger partial charge in [0, 0.05) is 24.8 Å². The lowest BCUT2D eigenvalue weighted by atomic mass is 9.75. The Bertz CT molecular complexity index is 1810. The van der Waals surface area contributed by atoms with Crippen molar-refractivity contribution < 1.29 is 17.9 Å². The highest BCUT2D eigenvalue weighted by molar-refractivity contribution is 7.82. The first kappa shape index (κ1) is 31.7. The number of H-pyrrole nitrogens is 1. The Kier molecular flexibility index (Phi) is 9.09. The second-order valence-electron chi connectivity index (χ2n) is 13.1. The fraction of sp³-hybridized carbons (Fsp3) is 0.457. The van der Waals surface area contributed by atoms with Crippen LogP contribution in [-0.4, -0.2) is 44.0 Å². The fourth-order valence-corrected chi connectivity index (χ4v) is 7.91. The molecule has 242 valence electrons. The van der Waals surface area contributed by atoms with Gasteiger partial charge >= 0.3 is 17.2 Å². The van der Waals surface area contributed by atoms with Crippen LogP contribution in [0, 0.1) is 38.2 Å². The lowest BCUT2D eigenvalue weighted by Crippen LogP contribution is -2.37. The Morgan fingerprint density at radius 1 is 1.07 bits per heavy atom. The van der Waals surface area contributed by atoms with E-state index >= 15 is 0 Å². The predicted octanol–water partition coefficient (Wildman–Crippen LogP) is 7.78.